The van der Waals surface area contributed by atoms with Gasteiger partial charge in [-0.05, 0) is 43.4 Å². The Kier molecular flexibility index (Phi) is 5.24. The van der Waals surface area contributed by atoms with Gasteiger partial charge in [0.2, 0.25) is 5.91 Å². The summed E-state index contributed by atoms with van der Waals surface area (Å²) in [4.78, 5) is 25.1. The van der Waals surface area contributed by atoms with Gasteiger partial charge in [-0.1, -0.05) is 35.7 Å². The fourth-order valence-electron chi connectivity index (χ4n) is 4.30. The molecule has 2 aromatic rings. The summed E-state index contributed by atoms with van der Waals surface area (Å²) in [6.45, 7) is 0.438. The monoisotopic (exact) mass is 405 g/mol. The van der Waals surface area contributed by atoms with Gasteiger partial charge in [0.1, 0.15) is 11.6 Å². The number of nitrogens with zero attached hydrogens (tertiary/aromatic N) is 2. The number of Topliss-reactive ketones (excluding diaryl/α,β-unsaturated/α-hetero) is 1. The van der Waals surface area contributed by atoms with Crippen molar-refractivity contribution in [2.75, 3.05) is 5.32 Å². The van der Waals surface area contributed by atoms with Crippen LogP contribution in [-0.4, -0.2) is 21.5 Å². The van der Waals surface area contributed by atoms with Crippen molar-refractivity contribution in [1.82, 2.24) is 9.78 Å². The van der Waals surface area contributed by atoms with Crippen molar-refractivity contribution in [2.24, 2.45) is 17.8 Å². The third-order valence-corrected chi connectivity index (χ3v) is 6.31. The predicted octanol–water partition coefficient (Wildman–Crippen LogP) is 4.57. The van der Waals surface area contributed by atoms with Crippen LogP contribution < -0.4 is 5.32 Å². The van der Waals surface area contributed by atoms with Crippen molar-refractivity contribution >= 4 is 40.7 Å². The van der Waals surface area contributed by atoms with Crippen LogP contribution in [0.3, 0.4) is 0 Å². The normalized spacial score (nSPS) is 24.7. The van der Waals surface area contributed by atoms with Crippen LogP contribution in [0.5, 0.6) is 0 Å². The molecule has 27 heavy (non-hydrogen) atoms. The van der Waals surface area contributed by atoms with Gasteiger partial charge in [0.25, 0.3) is 0 Å². The van der Waals surface area contributed by atoms with E-state index in [1.54, 1.807) is 29.1 Å². The van der Waals surface area contributed by atoms with Crippen LogP contribution in [0, 0.1) is 17.8 Å². The Labute approximate surface area is 168 Å². The van der Waals surface area contributed by atoms with Crippen LogP contribution in [0.25, 0.3) is 0 Å². The van der Waals surface area contributed by atoms with Crippen molar-refractivity contribution in [1.29, 1.82) is 0 Å². The van der Waals surface area contributed by atoms with Crippen LogP contribution in [0.2, 0.25) is 10.0 Å². The number of carbonyl (C=O) groups is 2. The smallest absolute Gasteiger partial charge is 0.228 e. The van der Waals surface area contributed by atoms with Crippen LogP contribution in [0.15, 0.2) is 30.5 Å². The minimum absolute atomic E-state index is 0.0247. The second kappa shape index (κ2) is 7.64. The summed E-state index contributed by atoms with van der Waals surface area (Å²) in [5.41, 5.74) is 0.873. The topological polar surface area (TPSA) is 64.0 Å². The number of carbonyl (C=O) groups excluding carboxylic acids is 2. The van der Waals surface area contributed by atoms with Gasteiger partial charge in [-0.2, -0.15) is 5.10 Å². The molecule has 1 aromatic carbocycles. The van der Waals surface area contributed by atoms with Gasteiger partial charge in [-0.25, -0.2) is 4.68 Å². The van der Waals surface area contributed by atoms with E-state index in [2.05, 4.69) is 10.4 Å². The van der Waals surface area contributed by atoms with E-state index in [1.165, 1.54) is 0 Å². The van der Waals surface area contributed by atoms with Gasteiger partial charge in [-0.3, -0.25) is 9.59 Å². The molecule has 2 fully saturated rings. The van der Waals surface area contributed by atoms with Gasteiger partial charge >= 0.3 is 0 Å². The molecule has 1 amide bonds. The minimum atomic E-state index is -0.111. The second-order valence-corrected chi connectivity index (χ2v) is 8.34. The van der Waals surface area contributed by atoms with Crippen molar-refractivity contribution in [2.45, 2.75) is 38.6 Å². The first kappa shape index (κ1) is 18.5. The molecule has 1 heterocycles. The first-order valence-corrected chi connectivity index (χ1v) is 10.1. The highest BCUT2D eigenvalue weighted by molar-refractivity contribution is 6.35. The zero-order valence-corrected chi connectivity index (χ0v) is 16.3. The summed E-state index contributed by atoms with van der Waals surface area (Å²) in [6, 6.07) is 7.10. The lowest BCUT2D eigenvalue weighted by Gasteiger charge is -2.36. The summed E-state index contributed by atoms with van der Waals surface area (Å²) in [6.07, 6.45) is 5.93. The molecule has 0 spiro atoms. The molecule has 7 heteroatoms. The van der Waals surface area contributed by atoms with Crippen molar-refractivity contribution in [3.8, 4) is 0 Å². The summed E-state index contributed by atoms with van der Waals surface area (Å²) >= 11 is 12.2. The molecule has 142 valence electrons. The summed E-state index contributed by atoms with van der Waals surface area (Å²) in [5, 5.41) is 8.44. The van der Waals surface area contributed by atoms with E-state index in [0.29, 0.717) is 41.0 Å². The number of anilines is 1. The number of nitrogens with one attached hydrogen (secondary N) is 1. The highest BCUT2D eigenvalue weighted by atomic mass is 35.5. The number of aromatic nitrogens is 2. The maximum absolute atomic E-state index is 12.8. The number of hydrogen-bond acceptors (Lipinski definition) is 3. The molecule has 1 aromatic heterocycles. The average molecular weight is 406 g/mol. The fourth-order valence-corrected chi connectivity index (χ4v) is 4.77. The second-order valence-electron chi connectivity index (χ2n) is 7.49. The number of halogens is 2. The molecule has 0 radical (unpaired) electrons. The average Bonchev–Trinajstić information content (AvgIpc) is 3.04. The molecule has 0 saturated heterocycles. The van der Waals surface area contributed by atoms with Gasteiger partial charge in [0, 0.05) is 33.9 Å². The third kappa shape index (κ3) is 3.90. The number of benzene rings is 1. The van der Waals surface area contributed by atoms with E-state index in [1.807, 2.05) is 6.07 Å². The zero-order valence-electron chi connectivity index (χ0n) is 14.8. The standard InChI is InChI=1S/C20H21Cl2N3O2/c21-16-5-4-14(17(22)10-16)11-25-18(6-7-23-25)24-20(27)15-8-12-2-1-3-13(9-15)19(12)26/h4-7,10,12-13,15H,1-3,8-9,11H2,(H,24,27)/t12-,13-/m1/s1. The van der Waals surface area contributed by atoms with Crippen molar-refractivity contribution < 1.29 is 9.59 Å². The van der Waals surface area contributed by atoms with Gasteiger partial charge in [0.05, 0.1) is 12.7 Å². The molecule has 4 rings (SSSR count). The van der Waals surface area contributed by atoms with Crippen LogP contribution in [-0.2, 0) is 16.1 Å². The van der Waals surface area contributed by atoms with E-state index >= 15 is 0 Å². The lowest BCUT2D eigenvalue weighted by Crippen LogP contribution is -2.40. The molecule has 2 atom stereocenters. The molecular formula is C20H21Cl2N3O2. The number of hydrogen-bond donors (Lipinski definition) is 1. The molecule has 5 nitrogen and oxygen atoms in total. The lowest BCUT2D eigenvalue weighted by molar-refractivity contribution is -0.136. The first-order valence-electron chi connectivity index (χ1n) is 9.31. The van der Waals surface area contributed by atoms with E-state index in [9.17, 15) is 9.59 Å². The quantitative estimate of drug-likeness (QED) is 0.809. The fraction of sp³-hybridized carbons (Fsp3) is 0.450. The van der Waals surface area contributed by atoms with Crippen molar-refractivity contribution in [3.63, 3.8) is 0 Å². The van der Waals surface area contributed by atoms with E-state index in [-0.39, 0.29) is 23.7 Å². The van der Waals surface area contributed by atoms with Gasteiger partial charge < -0.3 is 5.32 Å². The number of ketones is 1. The Morgan fingerprint density at radius 1 is 1.19 bits per heavy atom. The molecule has 1 N–H and O–H groups in total. The first-order chi connectivity index (χ1) is 13.0. The Morgan fingerprint density at radius 3 is 2.63 bits per heavy atom. The van der Waals surface area contributed by atoms with Gasteiger partial charge in [0.15, 0.2) is 0 Å². The number of rotatable bonds is 4. The summed E-state index contributed by atoms with van der Waals surface area (Å²) in [5.74, 6) is 0.988. The molecular weight excluding hydrogens is 385 g/mol. The maximum Gasteiger partial charge on any atom is 0.228 e. The molecule has 0 unspecified atom stereocenters. The van der Waals surface area contributed by atoms with Crippen LogP contribution in [0.1, 0.15) is 37.7 Å². The maximum atomic E-state index is 12.8. The van der Waals surface area contributed by atoms with E-state index in [0.717, 1.165) is 24.8 Å². The molecule has 2 aliphatic carbocycles. The SMILES string of the molecule is O=C(Nc1ccnn1Cc1ccc(Cl)cc1Cl)C1C[C@H]2CCC[C@H](C1)C2=O. The highest BCUT2D eigenvalue weighted by Gasteiger charge is 2.41. The molecule has 2 aliphatic rings. The lowest BCUT2D eigenvalue weighted by atomic mass is 9.67. The Bertz CT molecular complexity index is 864. The van der Waals surface area contributed by atoms with E-state index in [4.69, 9.17) is 23.2 Å². The highest BCUT2D eigenvalue weighted by Crippen LogP contribution is 2.40. The number of amides is 1. The Morgan fingerprint density at radius 2 is 1.93 bits per heavy atom. The van der Waals surface area contributed by atoms with Crippen LogP contribution in [0.4, 0.5) is 5.82 Å². The van der Waals surface area contributed by atoms with Crippen LogP contribution >= 0.6 is 23.2 Å². The third-order valence-electron chi connectivity index (χ3n) is 5.72. The zero-order chi connectivity index (χ0) is 19.0. The Balaban J connectivity index is 1.45. The van der Waals surface area contributed by atoms with E-state index < -0.39 is 0 Å². The minimum Gasteiger partial charge on any atom is -0.311 e. The van der Waals surface area contributed by atoms with Gasteiger partial charge in [-0.15, -0.1) is 0 Å². The summed E-state index contributed by atoms with van der Waals surface area (Å²) < 4.78 is 1.71. The Hall–Kier alpha value is -1.85. The molecule has 2 saturated carbocycles. The van der Waals surface area contributed by atoms with Crippen molar-refractivity contribution in [3.05, 3.63) is 46.1 Å². The summed E-state index contributed by atoms with van der Waals surface area (Å²) in [7, 11) is 0. The number of fused-ring (bicyclic) bond motifs is 2. The predicted molar refractivity (Wildman–Crippen MR) is 105 cm³/mol. The molecule has 0 aliphatic heterocycles. The largest absolute Gasteiger partial charge is 0.311 e. The molecule has 2 bridgehead atoms.